The summed E-state index contributed by atoms with van der Waals surface area (Å²) in [6.07, 6.45) is 3.41. The fourth-order valence-corrected chi connectivity index (χ4v) is 2.86. The van der Waals surface area contributed by atoms with Gasteiger partial charge in [0.25, 0.3) is 0 Å². The molecule has 1 atom stereocenters. The average Bonchev–Trinajstić information content (AvgIpc) is 2.74. The van der Waals surface area contributed by atoms with Gasteiger partial charge in [0.2, 0.25) is 0 Å². The Bertz CT molecular complexity index is 553. The van der Waals surface area contributed by atoms with E-state index in [1.54, 1.807) is 6.20 Å². The fraction of sp³-hybridized carbons (Fsp3) is 0.357. The number of benzene rings is 1. The number of halogens is 2. The summed E-state index contributed by atoms with van der Waals surface area (Å²) in [5, 5.41) is 4.93. The van der Waals surface area contributed by atoms with Crippen molar-refractivity contribution in [2.75, 3.05) is 0 Å². The molecular weight excluding hydrogens is 326 g/mol. The van der Waals surface area contributed by atoms with Gasteiger partial charge in [-0.3, -0.25) is 4.68 Å². The van der Waals surface area contributed by atoms with Gasteiger partial charge >= 0.3 is 0 Å². The van der Waals surface area contributed by atoms with Crippen molar-refractivity contribution in [2.24, 2.45) is 5.73 Å². The maximum atomic E-state index is 6.31. The maximum Gasteiger partial charge on any atom is 0.0834 e. The molecule has 102 valence electrons. The fourth-order valence-electron chi connectivity index (χ4n) is 2.13. The number of hydrogen-bond donors (Lipinski definition) is 1. The van der Waals surface area contributed by atoms with E-state index in [2.05, 4.69) is 34.0 Å². The minimum absolute atomic E-state index is 0.153. The molecule has 0 saturated heterocycles. The monoisotopic (exact) mass is 341 g/mol. The van der Waals surface area contributed by atoms with E-state index in [1.807, 2.05) is 22.9 Å². The first-order valence-corrected chi connectivity index (χ1v) is 7.50. The van der Waals surface area contributed by atoms with Gasteiger partial charge < -0.3 is 5.73 Å². The standard InChI is InChI=1S/C14H17BrClN3/c1-2-7-19-14(12(16)9-18-19)13(17)8-10-5-3-4-6-11(10)15/h3-6,9,13H,2,7-8,17H2,1H3. The highest BCUT2D eigenvalue weighted by atomic mass is 79.9. The molecule has 0 bridgehead atoms. The van der Waals surface area contributed by atoms with E-state index >= 15 is 0 Å². The number of nitrogens with zero attached hydrogens (tertiary/aromatic N) is 2. The predicted molar refractivity (Wildman–Crippen MR) is 82.3 cm³/mol. The minimum atomic E-state index is -0.153. The first-order chi connectivity index (χ1) is 9.13. The molecule has 0 aliphatic rings. The van der Waals surface area contributed by atoms with Gasteiger partial charge in [-0.25, -0.2) is 0 Å². The lowest BCUT2D eigenvalue weighted by Gasteiger charge is -2.15. The molecule has 0 radical (unpaired) electrons. The van der Waals surface area contributed by atoms with Crippen molar-refractivity contribution in [2.45, 2.75) is 32.4 Å². The highest BCUT2D eigenvalue weighted by Crippen LogP contribution is 2.26. The third-order valence-corrected chi connectivity index (χ3v) is 4.08. The molecule has 19 heavy (non-hydrogen) atoms. The first-order valence-electron chi connectivity index (χ1n) is 6.33. The zero-order chi connectivity index (χ0) is 13.8. The minimum Gasteiger partial charge on any atom is -0.322 e. The van der Waals surface area contributed by atoms with Crippen LogP contribution in [0.1, 0.15) is 30.6 Å². The lowest BCUT2D eigenvalue weighted by molar-refractivity contribution is 0.537. The van der Waals surface area contributed by atoms with Gasteiger partial charge in [-0.1, -0.05) is 52.7 Å². The molecule has 0 fully saturated rings. The Hall–Kier alpha value is -0.840. The Morgan fingerprint density at radius 1 is 1.42 bits per heavy atom. The Labute approximate surface area is 126 Å². The molecule has 0 saturated carbocycles. The van der Waals surface area contributed by atoms with E-state index in [1.165, 1.54) is 5.56 Å². The van der Waals surface area contributed by atoms with Crippen LogP contribution in [0.4, 0.5) is 0 Å². The van der Waals surface area contributed by atoms with Crippen LogP contribution in [0.15, 0.2) is 34.9 Å². The highest BCUT2D eigenvalue weighted by molar-refractivity contribution is 9.10. The molecule has 2 N–H and O–H groups in total. The van der Waals surface area contributed by atoms with Crippen LogP contribution in [0.25, 0.3) is 0 Å². The summed E-state index contributed by atoms with van der Waals surface area (Å²) in [6, 6.07) is 7.94. The van der Waals surface area contributed by atoms with Crippen molar-refractivity contribution < 1.29 is 0 Å². The average molecular weight is 343 g/mol. The van der Waals surface area contributed by atoms with Crippen molar-refractivity contribution in [3.8, 4) is 0 Å². The van der Waals surface area contributed by atoms with Crippen molar-refractivity contribution in [1.82, 2.24) is 9.78 Å². The number of nitrogens with two attached hydrogens (primary N) is 1. The second kappa shape index (κ2) is 6.55. The van der Waals surface area contributed by atoms with Crippen LogP contribution in [-0.4, -0.2) is 9.78 Å². The molecule has 3 nitrogen and oxygen atoms in total. The molecule has 1 unspecified atom stereocenters. The molecule has 0 aliphatic heterocycles. The third kappa shape index (κ3) is 3.38. The van der Waals surface area contributed by atoms with E-state index in [0.717, 1.165) is 29.6 Å². The molecule has 1 aromatic carbocycles. The molecule has 0 amide bonds. The molecule has 0 spiro atoms. The van der Waals surface area contributed by atoms with Gasteiger partial charge in [-0.2, -0.15) is 5.10 Å². The molecule has 5 heteroatoms. The quantitative estimate of drug-likeness (QED) is 0.894. The highest BCUT2D eigenvalue weighted by Gasteiger charge is 2.17. The molecule has 1 aromatic heterocycles. The number of aromatic nitrogens is 2. The van der Waals surface area contributed by atoms with E-state index in [-0.39, 0.29) is 6.04 Å². The van der Waals surface area contributed by atoms with Gasteiger partial charge in [-0.05, 0) is 24.5 Å². The van der Waals surface area contributed by atoms with Crippen molar-refractivity contribution in [3.05, 3.63) is 51.2 Å². The van der Waals surface area contributed by atoms with Crippen molar-refractivity contribution >= 4 is 27.5 Å². The molecule has 0 aliphatic carbocycles. The third-order valence-electron chi connectivity index (χ3n) is 3.02. The number of hydrogen-bond acceptors (Lipinski definition) is 2. The first kappa shape index (κ1) is 14.6. The topological polar surface area (TPSA) is 43.8 Å². The molecule has 1 heterocycles. The molecule has 2 rings (SSSR count). The second-order valence-electron chi connectivity index (χ2n) is 4.50. The predicted octanol–water partition coefficient (Wildman–Crippen LogP) is 3.95. The Balaban J connectivity index is 2.22. The lowest BCUT2D eigenvalue weighted by Crippen LogP contribution is -2.19. The summed E-state index contributed by atoms with van der Waals surface area (Å²) >= 11 is 9.75. The summed E-state index contributed by atoms with van der Waals surface area (Å²) in [5.74, 6) is 0. The number of rotatable bonds is 5. The van der Waals surface area contributed by atoms with E-state index < -0.39 is 0 Å². The van der Waals surface area contributed by atoms with Gasteiger partial charge in [0.15, 0.2) is 0 Å². The zero-order valence-corrected chi connectivity index (χ0v) is 13.2. The van der Waals surface area contributed by atoms with Gasteiger partial charge in [0, 0.05) is 11.0 Å². The Kier molecular flexibility index (Phi) is 5.02. The molecular formula is C14H17BrClN3. The lowest BCUT2D eigenvalue weighted by atomic mass is 10.0. The van der Waals surface area contributed by atoms with E-state index in [0.29, 0.717) is 5.02 Å². The SMILES string of the molecule is CCCn1ncc(Cl)c1C(N)Cc1ccccc1Br. The van der Waals surface area contributed by atoms with Crippen LogP contribution in [0.5, 0.6) is 0 Å². The Morgan fingerprint density at radius 3 is 2.84 bits per heavy atom. The van der Waals surface area contributed by atoms with Crippen LogP contribution in [0.2, 0.25) is 5.02 Å². The van der Waals surface area contributed by atoms with E-state index in [9.17, 15) is 0 Å². The summed E-state index contributed by atoms with van der Waals surface area (Å²) in [6.45, 7) is 2.95. The second-order valence-corrected chi connectivity index (χ2v) is 5.76. The van der Waals surface area contributed by atoms with Crippen molar-refractivity contribution in [1.29, 1.82) is 0 Å². The largest absolute Gasteiger partial charge is 0.322 e. The van der Waals surface area contributed by atoms with Crippen LogP contribution in [0.3, 0.4) is 0 Å². The normalized spacial score (nSPS) is 12.6. The zero-order valence-electron chi connectivity index (χ0n) is 10.8. The van der Waals surface area contributed by atoms with Crippen molar-refractivity contribution in [3.63, 3.8) is 0 Å². The summed E-state index contributed by atoms with van der Waals surface area (Å²) in [7, 11) is 0. The molecule has 2 aromatic rings. The van der Waals surface area contributed by atoms with Crippen LogP contribution in [-0.2, 0) is 13.0 Å². The summed E-state index contributed by atoms with van der Waals surface area (Å²) in [5.41, 5.74) is 8.40. The van der Waals surface area contributed by atoms with E-state index in [4.69, 9.17) is 17.3 Å². The van der Waals surface area contributed by atoms with Crippen LogP contribution >= 0.6 is 27.5 Å². The Morgan fingerprint density at radius 2 is 2.16 bits per heavy atom. The van der Waals surface area contributed by atoms with Gasteiger partial charge in [0.05, 0.1) is 23.0 Å². The van der Waals surface area contributed by atoms with Gasteiger partial charge in [0.1, 0.15) is 0 Å². The van der Waals surface area contributed by atoms with Gasteiger partial charge in [-0.15, -0.1) is 0 Å². The summed E-state index contributed by atoms with van der Waals surface area (Å²) in [4.78, 5) is 0. The van der Waals surface area contributed by atoms with Crippen LogP contribution < -0.4 is 5.73 Å². The van der Waals surface area contributed by atoms with Crippen LogP contribution in [0, 0.1) is 0 Å². The number of aryl methyl sites for hydroxylation is 1. The smallest absolute Gasteiger partial charge is 0.0834 e. The summed E-state index contributed by atoms with van der Waals surface area (Å²) < 4.78 is 2.98. The maximum absolute atomic E-state index is 6.31.